The number of unbranched alkanes of at least 4 members (excludes halogenated alkanes) is 3. The fourth-order valence-electron chi connectivity index (χ4n) is 2.69. The molecule has 0 heterocycles. The summed E-state index contributed by atoms with van der Waals surface area (Å²) >= 11 is 0. The van der Waals surface area contributed by atoms with Crippen LogP contribution in [0.4, 0.5) is 0 Å². The van der Waals surface area contributed by atoms with Crippen LogP contribution in [0.1, 0.15) is 52.0 Å². The first-order valence-corrected chi connectivity index (χ1v) is 7.65. The summed E-state index contributed by atoms with van der Waals surface area (Å²) in [6, 6.07) is 11.0. The van der Waals surface area contributed by atoms with Gasteiger partial charge in [-0.1, -0.05) is 50.1 Å². The second-order valence-corrected chi connectivity index (χ2v) is 5.40. The monoisotopic (exact) mass is 283 g/mol. The van der Waals surface area contributed by atoms with E-state index in [1.165, 1.54) is 61.9 Å². The summed E-state index contributed by atoms with van der Waals surface area (Å²) in [5, 5.41) is 0. The molecule has 0 radical (unpaired) electrons. The fourth-order valence-corrected chi connectivity index (χ4v) is 2.69. The summed E-state index contributed by atoms with van der Waals surface area (Å²) in [6.45, 7) is 12.0. The van der Waals surface area contributed by atoms with Gasteiger partial charge in [0.2, 0.25) is 0 Å². The average Bonchev–Trinajstić information content (AvgIpc) is 2.43. The lowest BCUT2D eigenvalue weighted by molar-refractivity contribution is -0.938. The van der Waals surface area contributed by atoms with Gasteiger partial charge in [-0.25, -0.2) is 0 Å². The van der Waals surface area contributed by atoms with E-state index in [1.54, 1.807) is 0 Å². The zero-order chi connectivity index (χ0) is 13.3. The first-order chi connectivity index (χ1) is 8.76. The SMILES string of the molecule is CCCCCC[N+](CC)(CC)Cc1ccccc1.[Cl-]. The Bertz CT molecular complexity index is 306. The maximum absolute atomic E-state index is 2.34. The predicted octanol–water partition coefficient (Wildman–Crippen LogP) is 1.63. The summed E-state index contributed by atoms with van der Waals surface area (Å²) in [5.41, 5.74) is 1.48. The van der Waals surface area contributed by atoms with E-state index in [1.807, 2.05) is 0 Å². The van der Waals surface area contributed by atoms with Crippen LogP contribution in [0.2, 0.25) is 0 Å². The van der Waals surface area contributed by atoms with Crippen molar-refractivity contribution in [3.63, 3.8) is 0 Å². The lowest BCUT2D eigenvalue weighted by atomic mass is 10.1. The molecule has 0 fully saturated rings. The van der Waals surface area contributed by atoms with Gasteiger partial charge in [0, 0.05) is 5.56 Å². The van der Waals surface area contributed by atoms with Gasteiger partial charge < -0.3 is 16.9 Å². The van der Waals surface area contributed by atoms with Crippen LogP contribution >= 0.6 is 0 Å². The van der Waals surface area contributed by atoms with Crippen molar-refractivity contribution in [2.75, 3.05) is 19.6 Å². The third-order valence-corrected chi connectivity index (χ3v) is 4.19. The van der Waals surface area contributed by atoms with E-state index in [2.05, 4.69) is 51.1 Å². The molecule has 0 N–H and O–H groups in total. The van der Waals surface area contributed by atoms with E-state index in [9.17, 15) is 0 Å². The normalized spacial score (nSPS) is 11.1. The van der Waals surface area contributed by atoms with Crippen LogP contribution in [0.15, 0.2) is 30.3 Å². The molecule has 1 rings (SSSR count). The minimum atomic E-state index is 0. The molecule has 0 amide bonds. The molecule has 0 atom stereocenters. The molecule has 0 aliphatic heterocycles. The summed E-state index contributed by atoms with van der Waals surface area (Å²) in [4.78, 5) is 0. The van der Waals surface area contributed by atoms with Gasteiger partial charge in [-0.05, 0) is 26.7 Å². The molecule has 0 saturated heterocycles. The van der Waals surface area contributed by atoms with Crippen molar-refractivity contribution >= 4 is 0 Å². The van der Waals surface area contributed by atoms with E-state index in [4.69, 9.17) is 0 Å². The summed E-state index contributed by atoms with van der Waals surface area (Å²) in [7, 11) is 0. The Hall–Kier alpha value is -0.530. The lowest BCUT2D eigenvalue weighted by Gasteiger charge is -2.37. The van der Waals surface area contributed by atoms with E-state index in [-0.39, 0.29) is 12.4 Å². The highest BCUT2D eigenvalue weighted by Crippen LogP contribution is 2.16. The maximum Gasteiger partial charge on any atom is 0.104 e. The van der Waals surface area contributed by atoms with Crippen LogP contribution in [0.25, 0.3) is 0 Å². The summed E-state index contributed by atoms with van der Waals surface area (Å²) < 4.78 is 1.24. The smallest absolute Gasteiger partial charge is 0.104 e. The maximum atomic E-state index is 2.34. The highest BCUT2D eigenvalue weighted by Gasteiger charge is 2.22. The van der Waals surface area contributed by atoms with E-state index in [0.29, 0.717) is 0 Å². The van der Waals surface area contributed by atoms with Gasteiger partial charge in [-0.15, -0.1) is 0 Å². The van der Waals surface area contributed by atoms with Crippen LogP contribution in [-0.2, 0) is 6.54 Å². The van der Waals surface area contributed by atoms with Gasteiger partial charge in [-0.3, -0.25) is 0 Å². The van der Waals surface area contributed by atoms with Gasteiger partial charge >= 0.3 is 0 Å². The minimum Gasteiger partial charge on any atom is -1.00 e. The Morgan fingerprint density at radius 1 is 0.842 bits per heavy atom. The van der Waals surface area contributed by atoms with Crippen LogP contribution in [-0.4, -0.2) is 24.1 Å². The number of hydrogen-bond donors (Lipinski definition) is 0. The standard InChI is InChI=1S/C17H30N.ClH/c1-4-7-8-12-15-18(5-2,6-3)16-17-13-10-9-11-14-17;/h9-11,13-14H,4-8,12,15-16H2,1-3H3;1H/q+1;/p-1. The van der Waals surface area contributed by atoms with Crippen molar-refractivity contribution in [2.45, 2.75) is 53.0 Å². The number of hydrogen-bond acceptors (Lipinski definition) is 0. The third-order valence-electron chi connectivity index (χ3n) is 4.19. The molecule has 1 nitrogen and oxygen atoms in total. The molecular formula is C17H30ClN. The van der Waals surface area contributed by atoms with Gasteiger partial charge in [0.1, 0.15) is 6.54 Å². The van der Waals surface area contributed by atoms with Gasteiger partial charge in [0.05, 0.1) is 19.6 Å². The summed E-state index contributed by atoms with van der Waals surface area (Å²) in [5.74, 6) is 0. The summed E-state index contributed by atoms with van der Waals surface area (Å²) in [6.07, 6.45) is 5.49. The van der Waals surface area contributed by atoms with E-state index in [0.717, 1.165) is 0 Å². The number of quaternary nitrogens is 1. The molecule has 2 heteroatoms. The lowest BCUT2D eigenvalue weighted by Crippen LogP contribution is -3.00. The van der Waals surface area contributed by atoms with Crippen molar-refractivity contribution in [3.05, 3.63) is 35.9 Å². The van der Waals surface area contributed by atoms with Crippen molar-refractivity contribution in [3.8, 4) is 0 Å². The van der Waals surface area contributed by atoms with Gasteiger partial charge in [0.25, 0.3) is 0 Å². The van der Waals surface area contributed by atoms with Crippen LogP contribution < -0.4 is 12.4 Å². The Morgan fingerprint density at radius 2 is 1.47 bits per heavy atom. The Morgan fingerprint density at radius 3 is 2.00 bits per heavy atom. The van der Waals surface area contributed by atoms with Gasteiger partial charge in [0.15, 0.2) is 0 Å². The molecule has 19 heavy (non-hydrogen) atoms. The number of benzene rings is 1. The minimum absolute atomic E-state index is 0. The number of rotatable bonds is 9. The largest absolute Gasteiger partial charge is 1.00 e. The molecule has 0 aliphatic carbocycles. The molecule has 0 saturated carbocycles. The molecule has 0 bridgehead atoms. The van der Waals surface area contributed by atoms with Crippen molar-refractivity contribution in [2.24, 2.45) is 0 Å². The molecule has 0 spiro atoms. The highest BCUT2D eigenvalue weighted by atomic mass is 35.5. The Labute approximate surface area is 126 Å². The second-order valence-electron chi connectivity index (χ2n) is 5.40. The fraction of sp³-hybridized carbons (Fsp3) is 0.647. The Kier molecular flexibility index (Phi) is 9.99. The first kappa shape index (κ1) is 18.5. The number of nitrogens with zero attached hydrogens (tertiary/aromatic N) is 1. The molecule has 110 valence electrons. The molecule has 1 aromatic carbocycles. The van der Waals surface area contributed by atoms with Crippen LogP contribution in [0.3, 0.4) is 0 Å². The predicted molar refractivity (Wildman–Crippen MR) is 80.5 cm³/mol. The zero-order valence-electron chi connectivity index (χ0n) is 12.9. The zero-order valence-corrected chi connectivity index (χ0v) is 13.6. The van der Waals surface area contributed by atoms with E-state index >= 15 is 0 Å². The van der Waals surface area contributed by atoms with Crippen LogP contribution in [0.5, 0.6) is 0 Å². The van der Waals surface area contributed by atoms with Crippen molar-refractivity contribution in [1.29, 1.82) is 0 Å². The second kappa shape index (κ2) is 10.3. The van der Waals surface area contributed by atoms with Gasteiger partial charge in [-0.2, -0.15) is 0 Å². The van der Waals surface area contributed by atoms with Crippen molar-refractivity contribution in [1.82, 2.24) is 0 Å². The topological polar surface area (TPSA) is 0 Å². The third kappa shape index (κ3) is 6.44. The van der Waals surface area contributed by atoms with Crippen molar-refractivity contribution < 1.29 is 16.9 Å². The molecule has 1 aromatic rings. The molecular weight excluding hydrogens is 254 g/mol. The van der Waals surface area contributed by atoms with E-state index < -0.39 is 0 Å². The Balaban J connectivity index is 0.00000324. The molecule has 0 aromatic heterocycles. The number of halogens is 1. The quantitative estimate of drug-likeness (QED) is 0.477. The van der Waals surface area contributed by atoms with Crippen LogP contribution in [0, 0.1) is 0 Å². The molecule has 0 unspecified atom stereocenters. The average molecular weight is 284 g/mol. The molecule has 0 aliphatic rings. The highest BCUT2D eigenvalue weighted by molar-refractivity contribution is 5.13. The first-order valence-electron chi connectivity index (χ1n) is 7.65.